The zero-order valence-electron chi connectivity index (χ0n) is 10.3. The molecule has 0 saturated carbocycles. The van der Waals surface area contributed by atoms with E-state index in [0.29, 0.717) is 0 Å². The summed E-state index contributed by atoms with van der Waals surface area (Å²) in [6.07, 6.45) is 2.03. The minimum absolute atomic E-state index is 0.908. The average Bonchev–Trinajstić information content (AvgIpc) is 2.46. The van der Waals surface area contributed by atoms with Gasteiger partial charge < -0.3 is 0 Å². The highest BCUT2D eigenvalue weighted by Gasteiger charge is 2.10. The summed E-state index contributed by atoms with van der Waals surface area (Å²) in [6, 6.07) is 16.1. The van der Waals surface area contributed by atoms with Crippen LogP contribution in [-0.4, -0.2) is 16.2 Å². The van der Waals surface area contributed by atoms with Gasteiger partial charge in [-0.2, -0.15) is 0 Å². The third kappa shape index (κ3) is 2.51. The number of hydrogen-bond acceptors (Lipinski definition) is 3. The number of hydrogen-bond donors (Lipinski definition) is 0. The van der Waals surface area contributed by atoms with Crippen molar-refractivity contribution in [3.8, 4) is 11.3 Å². The Balaban J connectivity index is 2.28. The Morgan fingerprint density at radius 1 is 0.947 bits per heavy atom. The highest BCUT2D eigenvalue weighted by Crippen LogP contribution is 2.29. The van der Waals surface area contributed by atoms with Crippen LogP contribution >= 0.6 is 27.7 Å². The molecule has 2 nitrogen and oxygen atoms in total. The van der Waals surface area contributed by atoms with E-state index in [2.05, 4.69) is 28.1 Å². The Morgan fingerprint density at radius 3 is 2.47 bits per heavy atom. The second-order valence-electron chi connectivity index (χ2n) is 4.08. The van der Waals surface area contributed by atoms with E-state index >= 15 is 0 Å². The van der Waals surface area contributed by atoms with E-state index in [1.54, 1.807) is 11.8 Å². The van der Waals surface area contributed by atoms with Gasteiger partial charge in [0.2, 0.25) is 0 Å². The largest absolute Gasteiger partial charge is 0.243 e. The van der Waals surface area contributed by atoms with Crippen molar-refractivity contribution < 1.29 is 0 Å². The first-order valence-electron chi connectivity index (χ1n) is 5.84. The van der Waals surface area contributed by atoms with E-state index in [1.165, 1.54) is 0 Å². The van der Waals surface area contributed by atoms with Gasteiger partial charge in [0.15, 0.2) is 0 Å². The smallest absolute Gasteiger partial charge is 0.123 e. The minimum Gasteiger partial charge on any atom is -0.243 e. The molecular weight excluding hydrogens is 320 g/mol. The van der Waals surface area contributed by atoms with Crippen LogP contribution < -0.4 is 0 Å². The summed E-state index contributed by atoms with van der Waals surface area (Å²) in [4.78, 5) is 9.45. The summed E-state index contributed by atoms with van der Waals surface area (Å²) in [6.45, 7) is 0. The summed E-state index contributed by atoms with van der Waals surface area (Å²) in [5.74, 6) is 0. The van der Waals surface area contributed by atoms with E-state index in [-0.39, 0.29) is 0 Å². The third-order valence-corrected chi connectivity index (χ3v) is 4.00. The maximum atomic E-state index is 4.76. The first kappa shape index (κ1) is 12.6. The molecule has 1 heterocycles. The van der Waals surface area contributed by atoms with Crippen LogP contribution in [0.4, 0.5) is 0 Å². The van der Waals surface area contributed by atoms with Crippen LogP contribution in [0.25, 0.3) is 22.3 Å². The fourth-order valence-electron chi connectivity index (χ4n) is 1.94. The molecule has 3 rings (SSSR count). The van der Waals surface area contributed by atoms with Crippen LogP contribution in [0.2, 0.25) is 0 Å². The van der Waals surface area contributed by atoms with Crippen LogP contribution in [0.15, 0.2) is 58.0 Å². The highest BCUT2D eigenvalue weighted by atomic mass is 79.9. The predicted molar refractivity (Wildman–Crippen MR) is 84.5 cm³/mol. The van der Waals surface area contributed by atoms with Crippen molar-refractivity contribution in [1.29, 1.82) is 0 Å². The number of benzene rings is 2. The Bertz CT molecular complexity index is 729. The summed E-state index contributed by atoms with van der Waals surface area (Å²) in [5.41, 5.74) is 3.87. The lowest BCUT2D eigenvalue weighted by Gasteiger charge is -2.08. The molecule has 94 valence electrons. The molecule has 0 amide bonds. The summed E-state index contributed by atoms with van der Waals surface area (Å²) in [5, 5.41) is 0.959. The van der Waals surface area contributed by atoms with Crippen LogP contribution in [0.3, 0.4) is 0 Å². The Labute approximate surface area is 124 Å². The van der Waals surface area contributed by atoms with Gasteiger partial charge >= 0.3 is 0 Å². The lowest BCUT2D eigenvalue weighted by molar-refractivity contribution is 1.13. The molecule has 0 N–H and O–H groups in total. The van der Waals surface area contributed by atoms with Gasteiger partial charge in [-0.1, -0.05) is 46.3 Å². The molecule has 0 bridgehead atoms. The quantitative estimate of drug-likeness (QED) is 0.632. The van der Waals surface area contributed by atoms with Gasteiger partial charge in [0.05, 0.1) is 11.0 Å². The number of fused-ring (bicyclic) bond motifs is 1. The first-order chi connectivity index (χ1) is 9.28. The molecule has 0 radical (unpaired) electrons. The van der Waals surface area contributed by atoms with Crippen LogP contribution in [-0.2, 0) is 0 Å². The SMILES string of the molecule is CSc1nc2ccc(Br)cc2nc1-c1ccccc1. The fourth-order valence-corrected chi connectivity index (χ4v) is 2.83. The Kier molecular flexibility index (Phi) is 3.53. The first-order valence-corrected chi connectivity index (χ1v) is 7.86. The van der Waals surface area contributed by atoms with Crippen molar-refractivity contribution in [2.24, 2.45) is 0 Å². The van der Waals surface area contributed by atoms with E-state index in [9.17, 15) is 0 Å². The second-order valence-corrected chi connectivity index (χ2v) is 5.79. The molecule has 19 heavy (non-hydrogen) atoms. The van der Waals surface area contributed by atoms with Crippen molar-refractivity contribution in [2.45, 2.75) is 5.03 Å². The normalized spacial score (nSPS) is 10.8. The van der Waals surface area contributed by atoms with Gasteiger partial charge in [0, 0.05) is 10.0 Å². The minimum atomic E-state index is 0.908. The monoisotopic (exact) mass is 330 g/mol. The van der Waals surface area contributed by atoms with Crippen LogP contribution in [0.5, 0.6) is 0 Å². The lowest BCUT2D eigenvalue weighted by Crippen LogP contribution is -1.93. The molecule has 0 unspecified atom stereocenters. The van der Waals surface area contributed by atoms with Crippen molar-refractivity contribution >= 4 is 38.7 Å². The molecule has 3 aromatic rings. The van der Waals surface area contributed by atoms with Gasteiger partial charge in [-0.3, -0.25) is 0 Å². The van der Waals surface area contributed by atoms with Crippen LogP contribution in [0.1, 0.15) is 0 Å². The Hall–Kier alpha value is -1.39. The van der Waals surface area contributed by atoms with Crippen molar-refractivity contribution in [3.63, 3.8) is 0 Å². The number of aromatic nitrogens is 2. The van der Waals surface area contributed by atoms with E-state index in [1.807, 2.05) is 42.7 Å². The second kappa shape index (κ2) is 5.31. The zero-order chi connectivity index (χ0) is 13.2. The highest BCUT2D eigenvalue weighted by molar-refractivity contribution is 9.10. The van der Waals surface area contributed by atoms with E-state index in [0.717, 1.165) is 31.8 Å². The zero-order valence-corrected chi connectivity index (χ0v) is 12.7. The van der Waals surface area contributed by atoms with Crippen molar-refractivity contribution in [3.05, 3.63) is 53.0 Å². The lowest BCUT2D eigenvalue weighted by atomic mass is 10.1. The maximum absolute atomic E-state index is 4.76. The summed E-state index contributed by atoms with van der Waals surface area (Å²) < 4.78 is 1.02. The topological polar surface area (TPSA) is 25.8 Å². The number of rotatable bonds is 2. The van der Waals surface area contributed by atoms with Gasteiger partial charge in [0.25, 0.3) is 0 Å². The molecule has 0 spiro atoms. The third-order valence-electron chi connectivity index (χ3n) is 2.83. The maximum Gasteiger partial charge on any atom is 0.123 e. The molecule has 0 atom stereocenters. The summed E-state index contributed by atoms with van der Waals surface area (Å²) >= 11 is 5.10. The van der Waals surface area contributed by atoms with E-state index in [4.69, 9.17) is 9.97 Å². The average molecular weight is 331 g/mol. The molecular formula is C15H11BrN2S. The van der Waals surface area contributed by atoms with Crippen LogP contribution in [0, 0.1) is 0 Å². The Morgan fingerprint density at radius 2 is 1.74 bits per heavy atom. The van der Waals surface area contributed by atoms with Gasteiger partial charge in [-0.15, -0.1) is 11.8 Å². The molecule has 2 aromatic carbocycles. The molecule has 0 fully saturated rings. The van der Waals surface area contributed by atoms with Gasteiger partial charge in [-0.25, -0.2) is 9.97 Å². The van der Waals surface area contributed by atoms with E-state index < -0.39 is 0 Å². The molecule has 0 aliphatic rings. The molecule has 1 aromatic heterocycles. The van der Waals surface area contributed by atoms with Crippen molar-refractivity contribution in [1.82, 2.24) is 9.97 Å². The van der Waals surface area contributed by atoms with Gasteiger partial charge in [-0.05, 0) is 24.5 Å². The number of nitrogens with zero attached hydrogens (tertiary/aromatic N) is 2. The molecule has 4 heteroatoms. The standard InChI is InChI=1S/C15H11BrN2S/c1-19-15-14(10-5-3-2-4-6-10)17-13-9-11(16)7-8-12(13)18-15/h2-9H,1H3. The number of thioether (sulfide) groups is 1. The molecule has 0 aliphatic carbocycles. The summed E-state index contributed by atoms with van der Waals surface area (Å²) in [7, 11) is 0. The molecule has 0 saturated heterocycles. The fraction of sp³-hybridized carbons (Fsp3) is 0.0667. The number of halogens is 1. The predicted octanol–water partition coefficient (Wildman–Crippen LogP) is 4.78. The molecule has 0 aliphatic heterocycles. The van der Waals surface area contributed by atoms with Gasteiger partial charge in [0.1, 0.15) is 10.7 Å². The van der Waals surface area contributed by atoms with Crippen molar-refractivity contribution in [2.75, 3.05) is 6.26 Å².